The van der Waals surface area contributed by atoms with Crippen LogP contribution in [0, 0.1) is 0 Å². The lowest BCUT2D eigenvalue weighted by Crippen LogP contribution is -2.75. The van der Waals surface area contributed by atoms with Crippen LogP contribution in [0.15, 0.2) is 176 Å². The van der Waals surface area contributed by atoms with Gasteiger partial charge in [0, 0.05) is 33.2 Å². The molecule has 1 aliphatic rings. The maximum Gasteiger partial charge on any atom is 0.220 e. The molecule has 3 heterocycles. The zero-order valence-corrected chi connectivity index (χ0v) is 32.9. The van der Waals surface area contributed by atoms with Gasteiger partial charge in [-0.1, -0.05) is 173 Å². The van der Waals surface area contributed by atoms with Crippen molar-refractivity contribution in [3.05, 3.63) is 187 Å². The number of hydrogen-bond donors (Lipinski definition) is 0. The predicted molar refractivity (Wildman–Crippen MR) is 239 cm³/mol. The van der Waals surface area contributed by atoms with E-state index < -0.39 is 51.8 Å². The van der Waals surface area contributed by atoms with Crippen LogP contribution in [0.5, 0.6) is 11.5 Å². The van der Waals surface area contributed by atoms with E-state index in [-0.39, 0.29) is 22.6 Å². The minimum Gasteiger partial charge on any atom is -0.457 e. The Labute approximate surface area is 347 Å². The van der Waals surface area contributed by atoms with Crippen LogP contribution in [-0.4, -0.2) is 22.0 Å². The molecule has 9 aromatic rings. The minimum atomic E-state index is -3.64. The van der Waals surface area contributed by atoms with Gasteiger partial charge in [-0.05, 0) is 76.0 Å². The van der Waals surface area contributed by atoms with E-state index in [9.17, 15) is 5.48 Å². The van der Waals surface area contributed by atoms with Crippen LogP contribution in [0.25, 0.3) is 33.5 Å². The molecule has 5 heteroatoms. The van der Waals surface area contributed by atoms with Crippen LogP contribution in [0.2, 0.25) is 0 Å². The molecule has 0 atom stereocenters. The largest absolute Gasteiger partial charge is 0.457 e. The van der Waals surface area contributed by atoms with E-state index in [1.54, 1.807) is 30.3 Å². The van der Waals surface area contributed by atoms with Crippen molar-refractivity contribution in [2.24, 2.45) is 0 Å². The molecule has 280 valence electrons. The molecule has 0 saturated carbocycles. The first-order valence-corrected chi connectivity index (χ1v) is 21.5. The van der Waals surface area contributed by atoms with E-state index in [1.165, 1.54) is 13.8 Å². The van der Waals surface area contributed by atoms with Crippen molar-refractivity contribution in [1.29, 1.82) is 0 Å². The van der Waals surface area contributed by atoms with Crippen molar-refractivity contribution in [2.75, 3.05) is 0 Å². The molecule has 0 spiro atoms. The molecule has 7 aromatic carbocycles. The van der Waals surface area contributed by atoms with E-state index in [1.807, 2.05) is 78.9 Å². The summed E-state index contributed by atoms with van der Waals surface area (Å²) in [6.45, 7) is 2.61. The van der Waals surface area contributed by atoms with Crippen LogP contribution in [0.1, 0.15) is 74.3 Å². The van der Waals surface area contributed by atoms with Gasteiger partial charge >= 0.3 is 0 Å². The number of hydrogen-bond acceptors (Lipinski definition) is 2. The number of rotatable bonds is 11. The molecule has 0 radical (unpaired) electrons. The third kappa shape index (κ3) is 5.43. The number of imidazole rings is 2. The van der Waals surface area contributed by atoms with Gasteiger partial charge in [0.05, 0.1) is 22.1 Å². The zero-order chi connectivity index (χ0) is 45.6. The summed E-state index contributed by atoms with van der Waals surface area (Å²) < 4.78 is 86.7. The minimum absolute atomic E-state index is 0.206. The van der Waals surface area contributed by atoms with E-state index in [2.05, 4.69) is 75.7 Å². The number of para-hydroxylation sites is 6. The highest BCUT2D eigenvalue weighted by atomic mass is 28.3. The first-order valence-electron chi connectivity index (χ1n) is 23.5. The SMILES string of the molecule is [2H]C([2H])(C)CC([2H])([2H])C1(C([2H])([2H])CC([2H])([2H])C)c2ccccc2Oc2c1cccc2[Si](c1ccccc1)(c1ccccc1)c1cccc(-n2c3ccccc3n3c4ccccc4nc23)c1. The monoisotopic (exact) mass is 765 g/mol. The summed E-state index contributed by atoms with van der Waals surface area (Å²) in [6.07, 6.45) is -10.7. The first kappa shape index (κ1) is 27.4. The average molecular weight is 766 g/mol. The molecule has 0 N–H and O–H groups in total. The smallest absolute Gasteiger partial charge is 0.220 e. The fourth-order valence-electron chi connectivity index (χ4n) is 9.07. The summed E-state index contributed by atoms with van der Waals surface area (Å²) in [5, 5.41) is 3.71. The Morgan fingerprint density at radius 1 is 0.579 bits per heavy atom. The summed E-state index contributed by atoms with van der Waals surface area (Å²) in [4.78, 5) is 5.18. The third-order valence-electron chi connectivity index (χ3n) is 11.4. The normalized spacial score (nSPS) is 16.5. The predicted octanol–water partition coefficient (Wildman–Crippen LogP) is 10.6. The molecule has 2 aromatic heterocycles. The molecule has 57 heavy (non-hydrogen) atoms. The second kappa shape index (κ2) is 14.4. The Kier molecular flexibility index (Phi) is 6.93. The first-order chi connectivity index (χ1) is 31.0. The van der Waals surface area contributed by atoms with Crippen molar-refractivity contribution in [1.82, 2.24) is 14.0 Å². The van der Waals surface area contributed by atoms with Crippen LogP contribution >= 0.6 is 0 Å². The number of nitrogens with zero attached hydrogens (tertiary/aromatic N) is 3. The summed E-state index contributed by atoms with van der Waals surface area (Å²) in [7, 11) is -3.64. The highest BCUT2D eigenvalue weighted by molar-refractivity contribution is 7.20. The Hall–Kier alpha value is -6.17. The number of fused-ring (bicyclic) bond motifs is 7. The lowest BCUT2D eigenvalue weighted by Gasteiger charge is -2.44. The van der Waals surface area contributed by atoms with E-state index in [0.29, 0.717) is 0 Å². The Balaban J connectivity index is 1.34. The molecule has 0 unspecified atom stereocenters. The van der Waals surface area contributed by atoms with Gasteiger partial charge in [0.25, 0.3) is 0 Å². The maximum absolute atomic E-state index is 10.1. The molecular formula is C52H47N3OSi. The van der Waals surface area contributed by atoms with Gasteiger partial charge in [-0.2, -0.15) is 0 Å². The fourth-order valence-corrected chi connectivity index (χ4v) is 14.0. The van der Waals surface area contributed by atoms with Gasteiger partial charge in [-0.3, -0.25) is 8.97 Å². The van der Waals surface area contributed by atoms with E-state index in [4.69, 9.17) is 15.2 Å². The van der Waals surface area contributed by atoms with Gasteiger partial charge in [-0.25, -0.2) is 4.98 Å². The fraction of sp³-hybridized carbons (Fsp3) is 0.173. The van der Waals surface area contributed by atoms with Crippen molar-refractivity contribution >= 4 is 56.7 Å². The molecule has 0 bridgehead atoms. The maximum atomic E-state index is 10.1. The molecule has 0 amide bonds. The zero-order valence-electron chi connectivity index (χ0n) is 39.9. The van der Waals surface area contributed by atoms with Crippen molar-refractivity contribution < 1.29 is 15.7 Å². The topological polar surface area (TPSA) is 31.5 Å². The van der Waals surface area contributed by atoms with Gasteiger partial charge in [0.2, 0.25) is 5.78 Å². The number of aromatic nitrogens is 3. The molecule has 10 rings (SSSR count). The van der Waals surface area contributed by atoms with Gasteiger partial charge in [0.15, 0.2) is 8.07 Å². The Morgan fingerprint density at radius 2 is 1.16 bits per heavy atom. The standard InChI is InChI=1S/C52H47N3OSi/c1-3-5-35-52(36-6-4-2)42-27-13-18-33-48(42)56-50-43(52)28-20-34-49(50)57(39-22-9-7-10-23-39,40-24-11-8-12-25-40)41-26-19-21-38(37-41)54-46-31-16-17-32-47(46)55-45-30-15-14-29-44(45)53-51(54)55/h7-34,37H,3-6,35-36H2,1-2H3/i3D2,4D2,35D2,36D2. The van der Waals surface area contributed by atoms with Crippen LogP contribution in [0.3, 0.4) is 0 Å². The van der Waals surface area contributed by atoms with Crippen molar-refractivity contribution in [3.8, 4) is 17.2 Å². The lowest BCUT2D eigenvalue weighted by molar-refractivity contribution is 0.345. The quantitative estimate of drug-likeness (QED) is 0.0970. The molecule has 1 aliphatic heterocycles. The number of benzene rings is 7. The van der Waals surface area contributed by atoms with Gasteiger partial charge in [-0.15, -0.1) is 0 Å². The lowest BCUT2D eigenvalue weighted by atomic mass is 9.66. The molecule has 0 fully saturated rings. The average Bonchev–Trinajstić information content (AvgIpc) is 3.80. The Morgan fingerprint density at radius 3 is 1.88 bits per heavy atom. The van der Waals surface area contributed by atoms with Crippen LogP contribution in [0.4, 0.5) is 0 Å². The Bertz CT molecular complexity index is 3180. The summed E-state index contributed by atoms with van der Waals surface area (Å²) in [5.41, 5.74) is 2.89. The van der Waals surface area contributed by atoms with Gasteiger partial charge in [0.1, 0.15) is 11.5 Å². The summed E-state index contributed by atoms with van der Waals surface area (Å²) in [6, 6.07) is 57.8. The van der Waals surface area contributed by atoms with Crippen molar-refractivity contribution in [2.45, 2.75) is 57.6 Å². The molecule has 4 nitrogen and oxygen atoms in total. The molecule has 0 saturated heterocycles. The van der Waals surface area contributed by atoms with E-state index >= 15 is 0 Å². The van der Waals surface area contributed by atoms with Crippen LogP contribution < -0.4 is 25.5 Å². The second-order valence-electron chi connectivity index (χ2n) is 14.5. The van der Waals surface area contributed by atoms with Crippen molar-refractivity contribution in [3.63, 3.8) is 0 Å². The highest BCUT2D eigenvalue weighted by Gasteiger charge is 2.48. The number of ether oxygens (including phenoxy) is 1. The van der Waals surface area contributed by atoms with E-state index in [0.717, 1.165) is 54.3 Å². The van der Waals surface area contributed by atoms with Crippen LogP contribution in [-0.2, 0) is 5.41 Å². The molecule has 0 aliphatic carbocycles. The third-order valence-corrected chi connectivity index (χ3v) is 16.2. The van der Waals surface area contributed by atoms with Gasteiger partial charge < -0.3 is 4.74 Å². The second-order valence-corrected chi connectivity index (χ2v) is 18.3. The highest BCUT2D eigenvalue weighted by Crippen LogP contribution is 2.53. The summed E-state index contributed by atoms with van der Waals surface area (Å²) >= 11 is 0. The molecular weight excluding hydrogens is 711 g/mol. The summed E-state index contributed by atoms with van der Waals surface area (Å²) in [5.74, 6) is 1.28.